The van der Waals surface area contributed by atoms with Crippen molar-refractivity contribution in [2.75, 3.05) is 13.7 Å². The van der Waals surface area contributed by atoms with E-state index in [2.05, 4.69) is 31.9 Å². The van der Waals surface area contributed by atoms with Crippen molar-refractivity contribution in [2.24, 2.45) is 4.99 Å². The fourth-order valence-electron chi connectivity index (χ4n) is 4.95. The molecule has 228 valence electrons. The van der Waals surface area contributed by atoms with E-state index in [4.69, 9.17) is 30.8 Å². The van der Waals surface area contributed by atoms with Crippen LogP contribution in [0.5, 0.6) is 11.5 Å². The van der Waals surface area contributed by atoms with Crippen LogP contribution in [0, 0.1) is 0 Å². The molecule has 0 spiro atoms. The Kier molecular flexibility index (Phi) is 10.5. The summed E-state index contributed by atoms with van der Waals surface area (Å²) in [5.41, 5.74) is 3.14. The monoisotopic (exact) mass is 758 g/mol. The average molecular weight is 761 g/mol. The van der Waals surface area contributed by atoms with Gasteiger partial charge in [0.05, 0.1) is 34.0 Å². The molecule has 11 heteroatoms. The first-order valence-electron chi connectivity index (χ1n) is 14.0. The lowest BCUT2D eigenvalue weighted by molar-refractivity contribution is -0.139. The van der Waals surface area contributed by atoms with Crippen LogP contribution >= 0.6 is 54.8 Å². The smallest absolute Gasteiger partial charge is 0.338 e. The van der Waals surface area contributed by atoms with E-state index in [0.717, 1.165) is 26.5 Å². The van der Waals surface area contributed by atoms with Crippen molar-refractivity contribution in [3.05, 3.63) is 122 Å². The van der Waals surface area contributed by atoms with Crippen molar-refractivity contribution >= 4 is 66.8 Å². The van der Waals surface area contributed by atoms with Gasteiger partial charge in [0.25, 0.3) is 5.56 Å². The van der Waals surface area contributed by atoms with Gasteiger partial charge in [-0.15, -0.1) is 0 Å². The number of carbonyl (C=O) groups excluding carboxylic acids is 1. The molecule has 7 nitrogen and oxygen atoms in total. The second kappa shape index (κ2) is 14.3. The molecular formula is C33H29Br2ClN2O5S. The Labute approximate surface area is 280 Å². The molecule has 44 heavy (non-hydrogen) atoms. The Morgan fingerprint density at radius 3 is 2.50 bits per heavy atom. The van der Waals surface area contributed by atoms with E-state index < -0.39 is 12.0 Å². The lowest BCUT2D eigenvalue weighted by Gasteiger charge is -2.27. The number of fused-ring (bicyclic) bond motifs is 1. The SMILES string of the molecule is CCCC1=C(C(=O)OCC)[C@@H](c2cc(Br)ccc2OC)n2c(s/c(=C/c3ccc(OCc4ccc(Cl)cc4)c(Br)c3)c2=O)=N1. The molecule has 0 fully saturated rings. The van der Waals surface area contributed by atoms with Gasteiger partial charge in [-0.1, -0.05) is 70.4 Å². The lowest BCUT2D eigenvalue weighted by Crippen LogP contribution is -2.40. The number of rotatable bonds is 10. The molecule has 0 bridgehead atoms. The van der Waals surface area contributed by atoms with Gasteiger partial charge < -0.3 is 14.2 Å². The third-order valence-corrected chi connectivity index (χ3v) is 9.29. The Morgan fingerprint density at radius 1 is 1.07 bits per heavy atom. The predicted molar refractivity (Wildman–Crippen MR) is 180 cm³/mol. The van der Waals surface area contributed by atoms with Crippen LogP contribution < -0.4 is 24.4 Å². The van der Waals surface area contributed by atoms with Gasteiger partial charge in [-0.25, -0.2) is 9.79 Å². The molecule has 1 aromatic heterocycles. The van der Waals surface area contributed by atoms with E-state index >= 15 is 0 Å². The number of allylic oxidation sites excluding steroid dienone is 1. The average Bonchev–Trinajstić information content (AvgIpc) is 3.31. The summed E-state index contributed by atoms with van der Waals surface area (Å²) in [6, 6.07) is 17.9. The normalized spacial score (nSPS) is 14.7. The van der Waals surface area contributed by atoms with E-state index in [1.54, 1.807) is 18.6 Å². The first-order valence-corrected chi connectivity index (χ1v) is 16.7. The van der Waals surface area contributed by atoms with Crippen LogP contribution in [0.3, 0.4) is 0 Å². The Morgan fingerprint density at radius 2 is 1.82 bits per heavy atom. The second-order valence-electron chi connectivity index (χ2n) is 9.90. The summed E-state index contributed by atoms with van der Waals surface area (Å²) in [4.78, 5) is 32.9. The fraction of sp³-hybridized carbons (Fsp3) is 0.242. The molecule has 1 aliphatic rings. The minimum Gasteiger partial charge on any atom is -0.496 e. The molecule has 1 aliphatic heterocycles. The summed E-state index contributed by atoms with van der Waals surface area (Å²) in [5, 5.41) is 0.672. The zero-order valence-corrected chi connectivity index (χ0v) is 29.0. The highest BCUT2D eigenvalue weighted by atomic mass is 79.9. The summed E-state index contributed by atoms with van der Waals surface area (Å²) in [6.45, 7) is 4.36. The van der Waals surface area contributed by atoms with Gasteiger partial charge in [0.2, 0.25) is 0 Å². The maximum absolute atomic E-state index is 14.1. The van der Waals surface area contributed by atoms with E-state index in [-0.39, 0.29) is 12.2 Å². The highest BCUT2D eigenvalue weighted by Crippen LogP contribution is 2.38. The number of nitrogens with zero attached hydrogens (tertiary/aromatic N) is 2. The van der Waals surface area contributed by atoms with Gasteiger partial charge in [-0.05, 0) is 88.9 Å². The van der Waals surface area contributed by atoms with Crippen LogP contribution in [-0.2, 0) is 16.1 Å². The third kappa shape index (κ3) is 6.88. The van der Waals surface area contributed by atoms with Crippen molar-refractivity contribution in [3.8, 4) is 11.5 Å². The summed E-state index contributed by atoms with van der Waals surface area (Å²) < 4.78 is 20.8. The minimum absolute atomic E-state index is 0.197. The molecular weight excluding hydrogens is 732 g/mol. The van der Waals surface area contributed by atoms with Gasteiger partial charge >= 0.3 is 5.97 Å². The summed E-state index contributed by atoms with van der Waals surface area (Å²) in [5.74, 6) is 0.716. The zero-order chi connectivity index (χ0) is 31.4. The summed E-state index contributed by atoms with van der Waals surface area (Å²) in [6.07, 6.45) is 3.13. The number of hydrogen-bond acceptors (Lipinski definition) is 7. The van der Waals surface area contributed by atoms with Gasteiger partial charge in [0.1, 0.15) is 24.1 Å². The van der Waals surface area contributed by atoms with Crippen molar-refractivity contribution in [1.29, 1.82) is 0 Å². The van der Waals surface area contributed by atoms with Crippen molar-refractivity contribution in [2.45, 2.75) is 39.3 Å². The molecule has 5 rings (SSSR count). The van der Waals surface area contributed by atoms with Crippen LogP contribution in [0.15, 0.2) is 90.7 Å². The third-order valence-electron chi connectivity index (χ3n) is 6.94. The number of aromatic nitrogens is 1. The molecule has 3 aromatic carbocycles. The standard InChI is InChI=1S/C33H29Br2ClN2O5S/c1-4-6-25-29(32(40)42-5-2)30(23-17-21(34)10-14-26(23)41-3)38-31(39)28(44-33(38)37-25)16-20-9-13-27(24(35)15-20)43-18-19-7-11-22(36)12-8-19/h7-17,30H,4-6,18H2,1-3H3/b28-16+/t30-/m1/s1. The van der Waals surface area contributed by atoms with E-state index in [0.29, 0.717) is 55.7 Å². The summed E-state index contributed by atoms with van der Waals surface area (Å²) >= 11 is 14.4. The molecule has 0 amide bonds. The van der Waals surface area contributed by atoms with Crippen LogP contribution in [0.4, 0.5) is 0 Å². The van der Waals surface area contributed by atoms with E-state index in [9.17, 15) is 9.59 Å². The molecule has 0 unspecified atom stereocenters. The van der Waals surface area contributed by atoms with Gasteiger partial charge in [-0.2, -0.15) is 0 Å². The lowest BCUT2D eigenvalue weighted by atomic mass is 9.93. The first kappa shape index (κ1) is 32.2. The highest BCUT2D eigenvalue weighted by Gasteiger charge is 2.36. The minimum atomic E-state index is -0.781. The zero-order valence-electron chi connectivity index (χ0n) is 24.2. The van der Waals surface area contributed by atoms with Crippen LogP contribution in [0.25, 0.3) is 6.08 Å². The fourth-order valence-corrected chi connectivity index (χ4v) is 6.99. The maximum atomic E-state index is 14.1. The first-order chi connectivity index (χ1) is 21.2. The van der Waals surface area contributed by atoms with Gasteiger partial charge in [-0.3, -0.25) is 9.36 Å². The Bertz CT molecular complexity index is 1920. The molecule has 1 atom stereocenters. The molecule has 2 heterocycles. The van der Waals surface area contributed by atoms with Crippen LogP contribution in [0.2, 0.25) is 5.02 Å². The largest absolute Gasteiger partial charge is 0.496 e. The highest BCUT2D eigenvalue weighted by molar-refractivity contribution is 9.10. The molecule has 0 aliphatic carbocycles. The number of carbonyl (C=O) groups is 1. The maximum Gasteiger partial charge on any atom is 0.338 e. The molecule has 0 saturated carbocycles. The van der Waals surface area contributed by atoms with Crippen molar-refractivity contribution in [3.63, 3.8) is 0 Å². The predicted octanol–water partition coefficient (Wildman–Crippen LogP) is 7.34. The number of esters is 1. The van der Waals surface area contributed by atoms with E-state index in [1.165, 1.54) is 11.3 Å². The molecule has 4 aromatic rings. The topological polar surface area (TPSA) is 79.1 Å². The number of ether oxygens (including phenoxy) is 3. The Hall–Kier alpha value is -3.18. The number of halogens is 3. The van der Waals surface area contributed by atoms with Gasteiger partial charge in [0, 0.05) is 15.1 Å². The number of benzene rings is 3. The molecule has 0 N–H and O–H groups in total. The quantitative estimate of drug-likeness (QED) is 0.158. The molecule has 0 saturated heterocycles. The number of methoxy groups -OCH3 is 1. The van der Waals surface area contributed by atoms with Crippen LogP contribution in [-0.4, -0.2) is 24.3 Å². The van der Waals surface area contributed by atoms with Crippen molar-refractivity contribution < 1.29 is 19.0 Å². The molecule has 0 radical (unpaired) electrons. The van der Waals surface area contributed by atoms with Crippen LogP contribution in [0.1, 0.15) is 49.4 Å². The van der Waals surface area contributed by atoms with Gasteiger partial charge in [0.15, 0.2) is 4.80 Å². The van der Waals surface area contributed by atoms with Crippen molar-refractivity contribution in [1.82, 2.24) is 4.57 Å². The number of thiazole rings is 1. The number of hydrogen-bond donors (Lipinski definition) is 0. The van der Waals surface area contributed by atoms with E-state index in [1.807, 2.05) is 73.7 Å². The second-order valence-corrected chi connectivity index (χ2v) is 13.1. The summed E-state index contributed by atoms with van der Waals surface area (Å²) in [7, 11) is 1.57. The Balaban J connectivity index is 1.60.